The van der Waals surface area contributed by atoms with Crippen LogP contribution < -0.4 is 0 Å². The molecule has 11 aromatic rings. The molecule has 232 valence electrons. The van der Waals surface area contributed by atoms with Gasteiger partial charge in [-0.3, -0.25) is 4.98 Å². The van der Waals surface area contributed by atoms with Crippen LogP contribution in [0.5, 0.6) is 0 Å². The van der Waals surface area contributed by atoms with Crippen LogP contribution in [-0.4, -0.2) is 9.97 Å². The number of hydrogen-bond acceptors (Lipinski definition) is 4. The highest BCUT2D eigenvalue weighted by molar-refractivity contribution is 6.24. The molecule has 0 fully saturated rings. The van der Waals surface area contributed by atoms with Crippen LogP contribution in [0.4, 0.5) is 0 Å². The van der Waals surface area contributed by atoms with Crippen LogP contribution in [0, 0.1) is 0 Å². The van der Waals surface area contributed by atoms with E-state index in [-0.39, 0.29) is 0 Å². The number of benzene rings is 8. The van der Waals surface area contributed by atoms with E-state index in [0.717, 1.165) is 99.2 Å². The maximum atomic E-state index is 6.76. The Kier molecular flexibility index (Phi) is 5.63. The molecule has 0 spiro atoms. The predicted octanol–water partition coefficient (Wildman–Crippen LogP) is 12.7. The van der Waals surface area contributed by atoms with Gasteiger partial charge in [0, 0.05) is 38.1 Å². The molecule has 4 nitrogen and oxygen atoms in total. The van der Waals surface area contributed by atoms with Gasteiger partial charge in [0.05, 0.1) is 28.3 Å². The van der Waals surface area contributed by atoms with Gasteiger partial charge in [-0.05, 0) is 57.8 Å². The molecule has 0 bridgehead atoms. The van der Waals surface area contributed by atoms with Gasteiger partial charge in [0.25, 0.3) is 0 Å². The molecule has 0 aliphatic heterocycles. The second kappa shape index (κ2) is 10.4. The first-order valence-electron chi connectivity index (χ1n) is 16.8. The van der Waals surface area contributed by atoms with Gasteiger partial charge in [0.15, 0.2) is 0 Å². The molecule has 11 rings (SSSR count). The molecule has 0 saturated heterocycles. The summed E-state index contributed by atoms with van der Waals surface area (Å²) >= 11 is 0. The Balaban J connectivity index is 1.04. The van der Waals surface area contributed by atoms with Crippen LogP contribution in [0.1, 0.15) is 0 Å². The van der Waals surface area contributed by atoms with Gasteiger partial charge in [0.1, 0.15) is 22.3 Å². The summed E-state index contributed by atoms with van der Waals surface area (Å²) in [7, 11) is 0. The summed E-state index contributed by atoms with van der Waals surface area (Å²) in [6.45, 7) is 0. The second-order valence-electron chi connectivity index (χ2n) is 12.9. The summed E-state index contributed by atoms with van der Waals surface area (Å²) in [5, 5.41) is 8.87. The third-order valence-electron chi connectivity index (χ3n) is 10.1. The van der Waals surface area contributed by atoms with Gasteiger partial charge in [0.2, 0.25) is 0 Å². The maximum absolute atomic E-state index is 6.76. The Bertz CT molecular complexity index is 3130. The molecule has 0 atom stereocenters. The predicted molar refractivity (Wildman–Crippen MR) is 205 cm³/mol. The van der Waals surface area contributed by atoms with Crippen LogP contribution in [0.15, 0.2) is 167 Å². The van der Waals surface area contributed by atoms with Gasteiger partial charge in [-0.15, -0.1) is 0 Å². The van der Waals surface area contributed by atoms with Crippen LogP contribution in [0.3, 0.4) is 0 Å². The van der Waals surface area contributed by atoms with Gasteiger partial charge >= 0.3 is 0 Å². The molecule has 0 N–H and O–H groups in total. The molecule has 0 aliphatic carbocycles. The van der Waals surface area contributed by atoms with Gasteiger partial charge < -0.3 is 8.83 Å². The quantitative estimate of drug-likeness (QED) is 0.181. The van der Waals surface area contributed by atoms with E-state index >= 15 is 0 Å². The smallest absolute Gasteiger partial charge is 0.147 e. The van der Waals surface area contributed by atoms with E-state index in [4.69, 9.17) is 18.8 Å². The summed E-state index contributed by atoms with van der Waals surface area (Å²) in [6, 6.07) is 52.9. The lowest BCUT2D eigenvalue weighted by molar-refractivity contribution is 0.663. The van der Waals surface area contributed by atoms with E-state index in [2.05, 4.69) is 133 Å². The lowest BCUT2D eigenvalue weighted by Gasteiger charge is -2.11. The Morgan fingerprint density at radius 1 is 0.380 bits per heavy atom. The molecule has 0 saturated carbocycles. The standard InChI is InChI=1S/C46H26N2O2/c1-3-16-34-32(14-1)33-15-2-4-17-35(33)44-43(34)47-26-39(48-44)30-13-8-11-28(25-30)27-10-7-12-29(24-27)31-19-9-20-36-37-22-23-41-42(46(37)50-45(31)36)38-18-5-6-21-40(38)49-41/h1-26H. The Labute approximate surface area is 285 Å². The van der Waals surface area contributed by atoms with Crippen molar-refractivity contribution in [1.82, 2.24) is 9.97 Å². The molecule has 3 aromatic heterocycles. The minimum Gasteiger partial charge on any atom is -0.456 e. The number of fused-ring (bicyclic) bond motifs is 13. The van der Waals surface area contributed by atoms with Crippen LogP contribution >= 0.6 is 0 Å². The summed E-state index contributed by atoms with van der Waals surface area (Å²) < 4.78 is 12.9. The number of nitrogens with zero attached hydrogens (tertiary/aromatic N) is 2. The van der Waals surface area contributed by atoms with Crippen LogP contribution in [-0.2, 0) is 0 Å². The Morgan fingerprint density at radius 3 is 1.78 bits per heavy atom. The zero-order valence-corrected chi connectivity index (χ0v) is 26.7. The number of rotatable bonds is 3. The van der Waals surface area contributed by atoms with Crippen molar-refractivity contribution in [3.05, 3.63) is 158 Å². The summed E-state index contributed by atoms with van der Waals surface area (Å²) in [4.78, 5) is 10.2. The zero-order chi connectivity index (χ0) is 32.8. The molecular formula is C46H26N2O2. The Morgan fingerprint density at radius 2 is 0.980 bits per heavy atom. The van der Waals surface area contributed by atoms with Crippen molar-refractivity contribution in [1.29, 1.82) is 0 Å². The SMILES string of the molecule is c1cc(-c2cccc(-c3cccc4c3oc3c4ccc4oc5ccccc5c43)c2)cc(-c2cnc3c4ccccc4c4ccccc4c3n2)c1. The molecule has 3 heterocycles. The highest BCUT2D eigenvalue weighted by Crippen LogP contribution is 2.42. The van der Waals surface area contributed by atoms with Crippen molar-refractivity contribution in [3.8, 4) is 33.5 Å². The fourth-order valence-corrected chi connectivity index (χ4v) is 7.78. The molecule has 0 aliphatic rings. The van der Waals surface area contributed by atoms with Crippen molar-refractivity contribution in [2.24, 2.45) is 0 Å². The van der Waals surface area contributed by atoms with E-state index in [0.29, 0.717) is 0 Å². The minimum absolute atomic E-state index is 0.832. The van der Waals surface area contributed by atoms with Crippen molar-refractivity contribution in [2.75, 3.05) is 0 Å². The second-order valence-corrected chi connectivity index (χ2v) is 12.9. The number of furan rings is 2. The van der Waals surface area contributed by atoms with E-state index in [1.807, 2.05) is 24.4 Å². The van der Waals surface area contributed by atoms with Gasteiger partial charge in [-0.1, -0.05) is 121 Å². The maximum Gasteiger partial charge on any atom is 0.147 e. The first-order valence-corrected chi connectivity index (χ1v) is 16.8. The molecule has 0 unspecified atom stereocenters. The molecule has 0 amide bonds. The van der Waals surface area contributed by atoms with Crippen molar-refractivity contribution in [3.63, 3.8) is 0 Å². The monoisotopic (exact) mass is 638 g/mol. The van der Waals surface area contributed by atoms with Crippen LogP contribution in [0.25, 0.3) is 110 Å². The van der Waals surface area contributed by atoms with Crippen molar-refractivity contribution < 1.29 is 8.83 Å². The van der Waals surface area contributed by atoms with Crippen molar-refractivity contribution in [2.45, 2.75) is 0 Å². The van der Waals surface area contributed by atoms with E-state index in [1.165, 1.54) is 10.8 Å². The van der Waals surface area contributed by atoms with Crippen LogP contribution in [0.2, 0.25) is 0 Å². The molecule has 0 radical (unpaired) electrons. The first-order chi connectivity index (χ1) is 24.8. The third-order valence-corrected chi connectivity index (χ3v) is 10.1. The lowest BCUT2D eigenvalue weighted by atomic mass is 9.96. The largest absolute Gasteiger partial charge is 0.456 e. The average molecular weight is 639 g/mol. The molecule has 4 heteroatoms. The number of para-hydroxylation sites is 2. The fraction of sp³-hybridized carbons (Fsp3) is 0. The van der Waals surface area contributed by atoms with Gasteiger partial charge in [-0.25, -0.2) is 4.98 Å². The lowest BCUT2D eigenvalue weighted by Crippen LogP contribution is -1.92. The normalized spacial score (nSPS) is 12.0. The Hall–Kier alpha value is -6.78. The third kappa shape index (κ3) is 3.93. The zero-order valence-electron chi connectivity index (χ0n) is 26.7. The molecule has 8 aromatic carbocycles. The van der Waals surface area contributed by atoms with E-state index in [9.17, 15) is 0 Å². The fourth-order valence-electron chi connectivity index (χ4n) is 7.78. The average Bonchev–Trinajstić information content (AvgIpc) is 3.76. The summed E-state index contributed by atoms with van der Waals surface area (Å²) in [5.74, 6) is 0. The van der Waals surface area contributed by atoms with E-state index < -0.39 is 0 Å². The topological polar surface area (TPSA) is 52.1 Å². The van der Waals surface area contributed by atoms with Gasteiger partial charge in [-0.2, -0.15) is 0 Å². The molecule has 50 heavy (non-hydrogen) atoms. The highest BCUT2D eigenvalue weighted by Gasteiger charge is 2.18. The first kappa shape index (κ1) is 27.2. The summed E-state index contributed by atoms with van der Waals surface area (Å²) in [6.07, 6.45) is 1.90. The minimum atomic E-state index is 0.832. The highest BCUT2D eigenvalue weighted by atomic mass is 16.3. The molecular weight excluding hydrogens is 613 g/mol. The van der Waals surface area contributed by atoms with Crippen molar-refractivity contribution >= 4 is 76.5 Å². The number of hydrogen-bond donors (Lipinski definition) is 0. The van der Waals surface area contributed by atoms with E-state index in [1.54, 1.807) is 0 Å². The summed E-state index contributed by atoms with van der Waals surface area (Å²) in [5.41, 5.74) is 11.5. The number of aromatic nitrogens is 2.